The van der Waals surface area contributed by atoms with E-state index in [0.717, 1.165) is 37.8 Å². The second-order valence-electron chi connectivity index (χ2n) is 11.3. The van der Waals surface area contributed by atoms with Gasteiger partial charge in [-0.15, -0.1) is 0 Å². The number of alkyl halides is 3. The number of benzene rings is 1. The zero-order valence-electron chi connectivity index (χ0n) is 22.6. The van der Waals surface area contributed by atoms with Crippen molar-refractivity contribution in [2.24, 2.45) is 16.8 Å². The Hall–Kier alpha value is -3.50. The monoisotopic (exact) mass is 586 g/mol. The number of carbonyl (C=O) groups excluding carboxylic acids is 2. The molecule has 3 aliphatic rings. The number of aliphatic hydroxyl groups is 1. The highest BCUT2D eigenvalue weighted by atomic mass is 35.5. The van der Waals surface area contributed by atoms with Crippen molar-refractivity contribution in [3.05, 3.63) is 81.2 Å². The summed E-state index contributed by atoms with van der Waals surface area (Å²) in [7, 11) is 0. The number of nitrogens with one attached hydrogen (secondary N) is 2. The minimum absolute atomic E-state index is 0.0632. The Morgan fingerprint density at radius 1 is 1.10 bits per heavy atom. The molecule has 2 aromatic rings. The van der Waals surface area contributed by atoms with Crippen LogP contribution in [0.3, 0.4) is 0 Å². The Morgan fingerprint density at radius 2 is 1.83 bits per heavy atom. The molecule has 1 atom stereocenters. The molecule has 1 saturated carbocycles. The van der Waals surface area contributed by atoms with E-state index >= 15 is 0 Å². The smallest absolute Gasteiger partial charge is 0.390 e. The SMILES string of the molecule is CC(C)(O)C1CCC(NC(=O)CC2C=CC3=c4c(NC(=O)c5cccc(C(F)(F)F)n5)c(Cl)ccc4=NC3=C2)CC1. The normalized spacial score (nSPS) is 21.9. The Bertz CT molecular complexity index is 1570. The topological polar surface area (TPSA) is 104 Å². The summed E-state index contributed by atoms with van der Waals surface area (Å²) in [4.78, 5) is 33.8. The molecule has 1 aromatic carbocycles. The van der Waals surface area contributed by atoms with Crippen LogP contribution in [0.2, 0.25) is 5.02 Å². The minimum atomic E-state index is -4.69. The average molecular weight is 587 g/mol. The number of fused-ring (bicyclic) bond motifs is 2. The molecule has 1 aromatic heterocycles. The number of halogens is 4. The first-order valence-electron chi connectivity index (χ1n) is 13.5. The van der Waals surface area contributed by atoms with E-state index in [1.807, 2.05) is 32.1 Å². The fourth-order valence-corrected chi connectivity index (χ4v) is 5.82. The summed E-state index contributed by atoms with van der Waals surface area (Å²) in [5.74, 6) is -0.866. The first-order chi connectivity index (χ1) is 19.3. The van der Waals surface area contributed by atoms with Gasteiger partial charge in [-0.25, -0.2) is 9.98 Å². The Balaban J connectivity index is 1.30. The van der Waals surface area contributed by atoms with E-state index in [9.17, 15) is 27.9 Å². The molecule has 2 heterocycles. The van der Waals surface area contributed by atoms with Gasteiger partial charge in [-0.1, -0.05) is 35.9 Å². The highest BCUT2D eigenvalue weighted by Gasteiger charge is 2.34. The molecule has 2 amide bonds. The van der Waals surface area contributed by atoms with Crippen LogP contribution < -0.4 is 21.2 Å². The third-order valence-electron chi connectivity index (χ3n) is 7.82. The first-order valence-corrected chi connectivity index (χ1v) is 13.9. The van der Waals surface area contributed by atoms with Crippen LogP contribution in [0, 0.1) is 11.8 Å². The summed E-state index contributed by atoms with van der Waals surface area (Å²) in [6.07, 6.45) is 4.54. The molecule has 1 aliphatic heterocycles. The maximum absolute atomic E-state index is 13.1. The molecular formula is C30H30ClF3N4O3. The lowest BCUT2D eigenvalue weighted by atomic mass is 9.77. The molecule has 0 saturated heterocycles. The molecule has 3 N–H and O–H groups in total. The molecule has 5 rings (SSSR count). The van der Waals surface area contributed by atoms with Gasteiger partial charge in [0.1, 0.15) is 11.4 Å². The number of allylic oxidation sites excluding steroid dienone is 3. The number of aromatic nitrogens is 1. The van der Waals surface area contributed by atoms with E-state index < -0.39 is 29.1 Å². The van der Waals surface area contributed by atoms with E-state index in [2.05, 4.69) is 20.6 Å². The van der Waals surface area contributed by atoms with Crippen LogP contribution in [0.5, 0.6) is 0 Å². The van der Waals surface area contributed by atoms with Gasteiger partial charge in [0.25, 0.3) is 5.91 Å². The number of hydrogen-bond acceptors (Lipinski definition) is 5. The van der Waals surface area contributed by atoms with Gasteiger partial charge in [0, 0.05) is 29.2 Å². The molecule has 0 spiro atoms. The second-order valence-corrected chi connectivity index (χ2v) is 11.7. The van der Waals surface area contributed by atoms with Gasteiger partial charge >= 0.3 is 6.18 Å². The number of hydrogen-bond donors (Lipinski definition) is 3. The number of nitrogens with zero attached hydrogens (tertiary/aromatic N) is 2. The zero-order valence-corrected chi connectivity index (χ0v) is 23.3. The maximum atomic E-state index is 13.1. The van der Waals surface area contributed by atoms with Crippen LogP contribution >= 0.6 is 11.6 Å². The number of rotatable bonds is 6. The molecule has 0 bridgehead atoms. The van der Waals surface area contributed by atoms with Gasteiger partial charge in [-0.05, 0) is 69.7 Å². The summed E-state index contributed by atoms with van der Waals surface area (Å²) < 4.78 is 39.3. The first kappa shape index (κ1) is 29.0. The van der Waals surface area contributed by atoms with Gasteiger partial charge in [0.2, 0.25) is 5.91 Å². The third kappa shape index (κ3) is 6.38. The highest BCUT2D eigenvalue weighted by Crippen LogP contribution is 2.33. The van der Waals surface area contributed by atoms with Crippen molar-refractivity contribution in [2.45, 2.75) is 63.8 Å². The molecule has 0 radical (unpaired) electrons. The molecule has 41 heavy (non-hydrogen) atoms. The van der Waals surface area contributed by atoms with E-state index in [-0.39, 0.29) is 40.9 Å². The van der Waals surface area contributed by atoms with Crippen LogP contribution in [0.25, 0.3) is 5.57 Å². The van der Waals surface area contributed by atoms with Crippen molar-refractivity contribution in [1.82, 2.24) is 10.3 Å². The summed E-state index contributed by atoms with van der Waals surface area (Å²) in [6.45, 7) is 3.66. The fourth-order valence-electron chi connectivity index (χ4n) is 5.61. The number of anilines is 1. The Morgan fingerprint density at radius 3 is 2.51 bits per heavy atom. The summed E-state index contributed by atoms with van der Waals surface area (Å²) in [5.41, 5.74) is -0.748. The summed E-state index contributed by atoms with van der Waals surface area (Å²) in [6, 6.07) is 6.44. The molecule has 1 unspecified atom stereocenters. The van der Waals surface area contributed by atoms with E-state index in [4.69, 9.17) is 11.6 Å². The van der Waals surface area contributed by atoms with Crippen LogP contribution in [0.1, 0.15) is 62.1 Å². The Kier molecular flexibility index (Phi) is 7.82. The molecular weight excluding hydrogens is 557 g/mol. The van der Waals surface area contributed by atoms with E-state index in [1.165, 1.54) is 6.07 Å². The van der Waals surface area contributed by atoms with Crippen molar-refractivity contribution in [2.75, 3.05) is 5.32 Å². The third-order valence-corrected chi connectivity index (χ3v) is 8.14. The van der Waals surface area contributed by atoms with Gasteiger partial charge < -0.3 is 15.7 Å². The van der Waals surface area contributed by atoms with Crippen LogP contribution in [-0.4, -0.2) is 33.5 Å². The molecule has 2 aliphatic carbocycles. The molecule has 1 fully saturated rings. The summed E-state index contributed by atoms with van der Waals surface area (Å²) >= 11 is 6.42. The van der Waals surface area contributed by atoms with Gasteiger partial charge in [0.05, 0.1) is 27.4 Å². The minimum Gasteiger partial charge on any atom is -0.390 e. The molecule has 216 valence electrons. The lowest BCUT2D eigenvalue weighted by Gasteiger charge is -2.36. The lowest BCUT2D eigenvalue weighted by Crippen LogP contribution is -2.42. The highest BCUT2D eigenvalue weighted by molar-refractivity contribution is 6.34. The van der Waals surface area contributed by atoms with Crippen LogP contribution in [0.4, 0.5) is 18.9 Å². The zero-order chi connectivity index (χ0) is 29.5. The van der Waals surface area contributed by atoms with Crippen molar-refractivity contribution >= 4 is 34.7 Å². The van der Waals surface area contributed by atoms with Gasteiger partial charge in [-0.3, -0.25) is 9.59 Å². The summed E-state index contributed by atoms with van der Waals surface area (Å²) in [5, 5.41) is 17.3. The van der Waals surface area contributed by atoms with Crippen molar-refractivity contribution in [3.8, 4) is 0 Å². The Labute approximate surface area is 239 Å². The van der Waals surface area contributed by atoms with Crippen LogP contribution in [0.15, 0.2) is 59.2 Å². The van der Waals surface area contributed by atoms with Gasteiger partial charge in [-0.2, -0.15) is 13.2 Å². The fraction of sp³-hybridized carbons (Fsp3) is 0.400. The van der Waals surface area contributed by atoms with E-state index in [1.54, 1.807) is 12.1 Å². The number of pyridine rings is 1. The van der Waals surface area contributed by atoms with Crippen LogP contribution in [-0.2, 0) is 11.0 Å². The second kappa shape index (κ2) is 11.1. The number of amides is 2. The largest absolute Gasteiger partial charge is 0.433 e. The molecule has 11 heteroatoms. The van der Waals surface area contributed by atoms with Gasteiger partial charge in [0.15, 0.2) is 0 Å². The van der Waals surface area contributed by atoms with Crippen molar-refractivity contribution < 1.29 is 27.9 Å². The predicted octanol–water partition coefficient (Wildman–Crippen LogP) is 4.70. The standard InChI is InChI=1S/C30H30ClF3N4O3/c1-29(2,41)17-7-9-18(10-8-17)35-25(39)15-16-6-11-19-23(14-16)36-21-13-12-20(31)27(26(19)21)38-28(40)22-4-3-5-24(37-22)30(32,33)34/h3-6,11-14,16-18,41H,7-10,15H2,1-2H3,(H,35,39)(H,38,40). The molecule has 7 nitrogen and oxygen atoms in total. The predicted molar refractivity (Wildman–Crippen MR) is 148 cm³/mol. The maximum Gasteiger partial charge on any atom is 0.433 e. The van der Waals surface area contributed by atoms with Crippen molar-refractivity contribution in [3.63, 3.8) is 0 Å². The van der Waals surface area contributed by atoms with Crippen molar-refractivity contribution in [1.29, 1.82) is 0 Å². The average Bonchev–Trinajstić information content (AvgIpc) is 3.27. The number of carbonyl (C=O) groups is 2. The van der Waals surface area contributed by atoms with E-state index in [0.29, 0.717) is 21.8 Å². The quantitative estimate of drug-likeness (QED) is 0.457. The lowest BCUT2D eigenvalue weighted by molar-refractivity contribution is -0.141.